The number of aromatic nitrogens is 1. The average molecular weight is 207 g/mol. The fourth-order valence-corrected chi connectivity index (χ4v) is 1.53. The van der Waals surface area contributed by atoms with Gasteiger partial charge in [0.2, 0.25) is 0 Å². The van der Waals surface area contributed by atoms with Gasteiger partial charge >= 0.3 is 6.09 Å². The van der Waals surface area contributed by atoms with Crippen molar-refractivity contribution in [3.63, 3.8) is 0 Å². The molecule has 1 aliphatic rings. The van der Waals surface area contributed by atoms with Gasteiger partial charge in [-0.05, 0) is 18.6 Å². The monoisotopic (exact) mass is 207 g/mol. The van der Waals surface area contributed by atoms with Gasteiger partial charge in [-0.2, -0.15) is 0 Å². The van der Waals surface area contributed by atoms with E-state index in [2.05, 4.69) is 4.98 Å². The smallest absolute Gasteiger partial charge is 0.414 e. The maximum atomic E-state index is 11.4. The molecule has 1 aliphatic heterocycles. The SMILES string of the molecule is NCc1cc(N2CCCOC2=O)ccn1. The molecule has 0 aliphatic carbocycles. The van der Waals surface area contributed by atoms with Crippen LogP contribution in [-0.2, 0) is 11.3 Å². The number of hydrogen-bond acceptors (Lipinski definition) is 4. The van der Waals surface area contributed by atoms with Gasteiger partial charge in [-0.1, -0.05) is 0 Å². The minimum atomic E-state index is -0.296. The molecule has 2 N–H and O–H groups in total. The second-order valence-electron chi connectivity index (χ2n) is 3.33. The highest BCUT2D eigenvalue weighted by Crippen LogP contribution is 2.18. The lowest BCUT2D eigenvalue weighted by Gasteiger charge is -2.26. The van der Waals surface area contributed by atoms with E-state index in [0.29, 0.717) is 19.7 Å². The second kappa shape index (κ2) is 4.27. The van der Waals surface area contributed by atoms with E-state index in [1.807, 2.05) is 6.07 Å². The summed E-state index contributed by atoms with van der Waals surface area (Å²) in [5, 5.41) is 0. The van der Waals surface area contributed by atoms with Gasteiger partial charge in [-0.15, -0.1) is 0 Å². The van der Waals surface area contributed by atoms with E-state index >= 15 is 0 Å². The van der Waals surface area contributed by atoms with Gasteiger partial charge in [0.1, 0.15) is 0 Å². The number of carbonyl (C=O) groups excluding carboxylic acids is 1. The molecule has 2 heterocycles. The summed E-state index contributed by atoms with van der Waals surface area (Å²) in [6.45, 7) is 1.56. The van der Waals surface area contributed by atoms with Crippen molar-refractivity contribution in [2.45, 2.75) is 13.0 Å². The van der Waals surface area contributed by atoms with Crippen molar-refractivity contribution in [2.24, 2.45) is 5.73 Å². The number of hydrogen-bond donors (Lipinski definition) is 1. The van der Waals surface area contributed by atoms with E-state index in [1.165, 1.54) is 0 Å². The lowest BCUT2D eigenvalue weighted by Crippen LogP contribution is -2.37. The first-order valence-corrected chi connectivity index (χ1v) is 4.90. The number of rotatable bonds is 2. The zero-order valence-electron chi connectivity index (χ0n) is 8.35. The van der Waals surface area contributed by atoms with Gasteiger partial charge < -0.3 is 10.5 Å². The molecular weight excluding hydrogens is 194 g/mol. The number of pyridine rings is 1. The zero-order valence-corrected chi connectivity index (χ0v) is 8.35. The number of nitrogens with zero attached hydrogens (tertiary/aromatic N) is 2. The van der Waals surface area contributed by atoms with Gasteiger partial charge in [-0.25, -0.2) is 4.79 Å². The Bertz CT molecular complexity index is 367. The molecule has 5 heteroatoms. The molecule has 0 atom stereocenters. The third-order valence-electron chi connectivity index (χ3n) is 2.29. The molecule has 15 heavy (non-hydrogen) atoms. The van der Waals surface area contributed by atoms with Crippen LogP contribution >= 0.6 is 0 Å². The molecule has 1 aromatic heterocycles. The topological polar surface area (TPSA) is 68.4 Å². The van der Waals surface area contributed by atoms with Gasteiger partial charge in [0, 0.05) is 19.3 Å². The number of cyclic esters (lactones) is 1. The Kier molecular flexibility index (Phi) is 2.82. The molecule has 1 amide bonds. The number of nitrogens with two attached hydrogens (primary N) is 1. The van der Waals surface area contributed by atoms with E-state index in [0.717, 1.165) is 17.8 Å². The predicted octanol–water partition coefficient (Wildman–Crippen LogP) is 0.887. The molecule has 1 saturated heterocycles. The Morgan fingerprint density at radius 3 is 3.20 bits per heavy atom. The van der Waals surface area contributed by atoms with Crippen molar-refractivity contribution >= 4 is 11.8 Å². The Morgan fingerprint density at radius 1 is 1.60 bits per heavy atom. The largest absolute Gasteiger partial charge is 0.449 e. The first-order valence-electron chi connectivity index (χ1n) is 4.90. The van der Waals surface area contributed by atoms with E-state index < -0.39 is 0 Å². The van der Waals surface area contributed by atoms with Crippen LogP contribution in [0.15, 0.2) is 18.3 Å². The minimum Gasteiger partial charge on any atom is -0.449 e. The summed E-state index contributed by atoms with van der Waals surface area (Å²) in [6, 6.07) is 3.60. The van der Waals surface area contributed by atoms with E-state index in [9.17, 15) is 4.79 Å². The molecule has 1 aromatic rings. The van der Waals surface area contributed by atoms with Crippen LogP contribution in [0.4, 0.5) is 10.5 Å². The van der Waals surface area contributed by atoms with E-state index in [1.54, 1.807) is 17.2 Å². The number of carbonyl (C=O) groups is 1. The van der Waals surface area contributed by atoms with Gasteiger partial charge in [-0.3, -0.25) is 9.88 Å². The van der Waals surface area contributed by atoms with Crippen molar-refractivity contribution in [1.29, 1.82) is 0 Å². The summed E-state index contributed by atoms with van der Waals surface area (Å²) >= 11 is 0. The average Bonchev–Trinajstić information content (AvgIpc) is 2.30. The van der Waals surface area contributed by atoms with Crippen molar-refractivity contribution in [1.82, 2.24) is 4.98 Å². The summed E-state index contributed by atoms with van der Waals surface area (Å²) in [5.74, 6) is 0. The Hall–Kier alpha value is -1.62. The molecule has 0 bridgehead atoms. The highest BCUT2D eigenvalue weighted by molar-refractivity contribution is 5.88. The van der Waals surface area contributed by atoms with Crippen LogP contribution in [0.5, 0.6) is 0 Å². The minimum absolute atomic E-state index is 0.296. The molecule has 0 unspecified atom stereocenters. The third-order valence-corrected chi connectivity index (χ3v) is 2.29. The lowest BCUT2D eigenvalue weighted by atomic mass is 10.2. The molecule has 0 radical (unpaired) electrons. The first kappa shape index (κ1) is 9.92. The van der Waals surface area contributed by atoms with Crippen molar-refractivity contribution in [2.75, 3.05) is 18.1 Å². The fourth-order valence-electron chi connectivity index (χ4n) is 1.53. The molecule has 5 nitrogen and oxygen atoms in total. The summed E-state index contributed by atoms with van der Waals surface area (Å²) in [6.07, 6.45) is 2.21. The number of amides is 1. The van der Waals surface area contributed by atoms with Crippen LogP contribution in [0.25, 0.3) is 0 Å². The van der Waals surface area contributed by atoms with E-state index in [-0.39, 0.29) is 6.09 Å². The molecule has 1 fully saturated rings. The Labute approximate surface area is 87.8 Å². The Morgan fingerprint density at radius 2 is 2.47 bits per heavy atom. The van der Waals surface area contributed by atoms with Gasteiger partial charge in [0.05, 0.1) is 18.0 Å². The molecule has 0 spiro atoms. The van der Waals surface area contributed by atoms with Crippen molar-refractivity contribution < 1.29 is 9.53 Å². The summed E-state index contributed by atoms with van der Waals surface area (Å²) in [5.41, 5.74) is 7.06. The van der Waals surface area contributed by atoms with Crippen LogP contribution in [0, 0.1) is 0 Å². The van der Waals surface area contributed by atoms with Crippen LogP contribution in [0.3, 0.4) is 0 Å². The maximum Gasteiger partial charge on any atom is 0.414 e. The number of ether oxygens (including phenoxy) is 1. The van der Waals surface area contributed by atoms with Crippen LogP contribution in [0.1, 0.15) is 12.1 Å². The highest BCUT2D eigenvalue weighted by atomic mass is 16.6. The van der Waals surface area contributed by atoms with Gasteiger partial charge in [0.15, 0.2) is 0 Å². The molecule has 2 rings (SSSR count). The van der Waals surface area contributed by atoms with Crippen molar-refractivity contribution in [3.8, 4) is 0 Å². The van der Waals surface area contributed by atoms with Gasteiger partial charge in [0.25, 0.3) is 0 Å². The van der Waals surface area contributed by atoms with Crippen molar-refractivity contribution in [3.05, 3.63) is 24.0 Å². The third kappa shape index (κ3) is 2.07. The molecule has 0 saturated carbocycles. The lowest BCUT2D eigenvalue weighted by molar-refractivity contribution is 0.140. The summed E-state index contributed by atoms with van der Waals surface area (Å²) in [4.78, 5) is 17.1. The fraction of sp³-hybridized carbons (Fsp3) is 0.400. The summed E-state index contributed by atoms with van der Waals surface area (Å²) < 4.78 is 4.95. The van der Waals surface area contributed by atoms with Crippen LogP contribution in [-0.4, -0.2) is 24.2 Å². The second-order valence-corrected chi connectivity index (χ2v) is 3.33. The number of anilines is 1. The highest BCUT2D eigenvalue weighted by Gasteiger charge is 2.21. The Balaban J connectivity index is 2.23. The maximum absolute atomic E-state index is 11.4. The van der Waals surface area contributed by atoms with Crippen LogP contribution in [0.2, 0.25) is 0 Å². The predicted molar refractivity (Wildman–Crippen MR) is 55.4 cm³/mol. The standard InChI is InChI=1S/C10H13N3O2/c11-7-8-6-9(2-3-12-8)13-4-1-5-15-10(13)14/h2-3,6H,1,4-5,7,11H2. The molecule has 0 aromatic carbocycles. The summed E-state index contributed by atoms with van der Waals surface area (Å²) in [7, 11) is 0. The molecular formula is C10H13N3O2. The first-order chi connectivity index (χ1) is 7.31. The zero-order chi connectivity index (χ0) is 10.7. The molecule has 80 valence electrons. The normalized spacial score (nSPS) is 16.3. The quantitative estimate of drug-likeness (QED) is 0.781. The van der Waals surface area contributed by atoms with Crippen LogP contribution < -0.4 is 10.6 Å². The van der Waals surface area contributed by atoms with E-state index in [4.69, 9.17) is 10.5 Å².